The van der Waals surface area contributed by atoms with E-state index in [1.165, 1.54) is 11.6 Å². The molecule has 1 aromatic heterocycles. The van der Waals surface area contributed by atoms with Gasteiger partial charge < -0.3 is 24.0 Å². The van der Waals surface area contributed by atoms with Gasteiger partial charge in [0.2, 0.25) is 5.75 Å². The highest BCUT2D eigenvalue weighted by atomic mass is 16.5. The van der Waals surface area contributed by atoms with Gasteiger partial charge in [-0.05, 0) is 39.8 Å². The Balaban J connectivity index is 1.85. The molecule has 1 aromatic carbocycles. The third-order valence-electron chi connectivity index (χ3n) is 5.97. The van der Waals surface area contributed by atoms with Gasteiger partial charge in [0.25, 0.3) is 11.5 Å². The lowest BCUT2D eigenvalue weighted by molar-refractivity contribution is 0.0745. The van der Waals surface area contributed by atoms with Crippen LogP contribution in [0, 0.1) is 6.92 Å². The Labute approximate surface area is 199 Å². The van der Waals surface area contributed by atoms with Gasteiger partial charge in [-0.1, -0.05) is 0 Å². The van der Waals surface area contributed by atoms with Crippen LogP contribution in [0.25, 0.3) is 0 Å². The highest BCUT2D eigenvalue weighted by molar-refractivity contribution is 5.96. The van der Waals surface area contributed by atoms with Crippen LogP contribution in [0.4, 0.5) is 5.69 Å². The van der Waals surface area contributed by atoms with E-state index < -0.39 is 0 Å². The molecule has 0 unspecified atom stereocenters. The molecule has 0 saturated carbocycles. The number of ether oxygens (including phenoxy) is 3. The smallest absolute Gasteiger partial charge is 0.330 e. The van der Waals surface area contributed by atoms with E-state index in [2.05, 4.69) is 0 Å². The van der Waals surface area contributed by atoms with Gasteiger partial charge in [0.05, 0.1) is 19.8 Å². The average Bonchev–Trinajstić information content (AvgIpc) is 2.83. The second-order valence-electron chi connectivity index (χ2n) is 8.02. The van der Waals surface area contributed by atoms with Gasteiger partial charge in [-0.3, -0.25) is 18.7 Å². The molecule has 186 valence electrons. The molecular weight excluding hydrogens is 440 g/mol. The minimum atomic E-state index is -0.356. The predicted molar refractivity (Wildman–Crippen MR) is 130 cm³/mol. The number of anilines is 1. The second-order valence-corrected chi connectivity index (χ2v) is 8.02. The summed E-state index contributed by atoms with van der Waals surface area (Å²) >= 11 is 0. The first-order valence-corrected chi connectivity index (χ1v) is 11.6. The van der Waals surface area contributed by atoms with E-state index in [4.69, 9.17) is 14.2 Å². The lowest BCUT2D eigenvalue weighted by Gasteiger charge is -2.36. The SMILES string of the molecule is CCOc1cc(C(=O)N2CCN(c3c(C)n(C)c(=O)n(C)c3=O)CC2)cc(OCC)c1OCC. The summed E-state index contributed by atoms with van der Waals surface area (Å²) in [6.07, 6.45) is 0. The van der Waals surface area contributed by atoms with E-state index in [0.29, 0.717) is 80.2 Å². The summed E-state index contributed by atoms with van der Waals surface area (Å²) < 4.78 is 19.8. The number of carbonyl (C=O) groups is 1. The van der Waals surface area contributed by atoms with Crippen molar-refractivity contribution in [2.24, 2.45) is 14.1 Å². The van der Waals surface area contributed by atoms with Gasteiger partial charge in [-0.15, -0.1) is 0 Å². The van der Waals surface area contributed by atoms with Gasteiger partial charge >= 0.3 is 5.69 Å². The van der Waals surface area contributed by atoms with Crippen molar-refractivity contribution >= 4 is 11.6 Å². The maximum Gasteiger partial charge on any atom is 0.330 e. The van der Waals surface area contributed by atoms with Crippen molar-refractivity contribution in [2.75, 3.05) is 50.9 Å². The first-order valence-electron chi connectivity index (χ1n) is 11.6. The Bertz CT molecular complexity index is 1130. The molecule has 3 rings (SSSR count). The first-order chi connectivity index (χ1) is 16.2. The molecule has 1 aliphatic rings. The van der Waals surface area contributed by atoms with Crippen molar-refractivity contribution in [3.8, 4) is 17.2 Å². The molecule has 2 heterocycles. The van der Waals surface area contributed by atoms with Crippen molar-refractivity contribution in [1.82, 2.24) is 14.0 Å². The summed E-state index contributed by atoms with van der Waals surface area (Å²) in [6, 6.07) is 3.39. The van der Waals surface area contributed by atoms with Crippen LogP contribution in [-0.4, -0.2) is 65.9 Å². The summed E-state index contributed by atoms with van der Waals surface area (Å²) in [4.78, 5) is 42.0. The van der Waals surface area contributed by atoms with E-state index in [-0.39, 0.29) is 17.2 Å². The third-order valence-corrected chi connectivity index (χ3v) is 5.97. The number of carbonyl (C=O) groups excluding carboxylic acids is 1. The molecular formula is C24H34N4O6. The van der Waals surface area contributed by atoms with E-state index in [9.17, 15) is 14.4 Å². The summed E-state index contributed by atoms with van der Waals surface area (Å²) in [5.41, 5.74) is 0.885. The van der Waals surface area contributed by atoms with Crippen LogP contribution in [0.1, 0.15) is 36.8 Å². The van der Waals surface area contributed by atoms with Gasteiger partial charge in [0.15, 0.2) is 11.5 Å². The second kappa shape index (κ2) is 10.7. The minimum absolute atomic E-state index is 0.144. The average molecular weight is 475 g/mol. The highest BCUT2D eigenvalue weighted by Gasteiger charge is 2.27. The van der Waals surface area contributed by atoms with Crippen molar-refractivity contribution < 1.29 is 19.0 Å². The molecule has 0 aliphatic carbocycles. The standard InChI is InChI=1S/C24H34N4O6/c1-7-32-18-14-17(15-19(33-8-2)21(18)34-9-3)22(29)28-12-10-27(11-13-28)20-16(4)25(5)24(31)26(6)23(20)30/h14-15H,7-13H2,1-6H3. The maximum absolute atomic E-state index is 13.4. The van der Waals surface area contributed by atoms with E-state index in [0.717, 1.165) is 4.57 Å². The molecule has 0 N–H and O–H groups in total. The minimum Gasteiger partial charge on any atom is -0.490 e. The van der Waals surface area contributed by atoms with Crippen molar-refractivity contribution in [2.45, 2.75) is 27.7 Å². The lowest BCUT2D eigenvalue weighted by Crippen LogP contribution is -2.52. The zero-order chi connectivity index (χ0) is 25.0. The Morgan fingerprint density at radius 1 is 0.853 bits per heavy atom. The summed E-state index contributed by atoms with van der Waals surface area (Å²) in [6.45, 7) is 10.5. The van der Waals surface area contributed by atoms with Crippen LogP contribution < -0.4 is 30.4 Å². The number of hydrogen-bond acceptors (Lipinski definition) is 7. The largest absolute Gasteiger partial charge is 0.490 e. The van der Waals surface area contributed by atoms with Gasteiger partial charge in [0.1, 0.15) is 5.69 Å². The van der Waals surface area contributed by atoms with Crippen LogP contribution in [0.2, 0.25) is 0 Å². The zero-order valence-electron chi connectivity index (χ0n) is 20.8. The number of aromatic nitrogens is 2. The normalized spacial score (nSPS) is 13.7. The molecule has 0 spiro atoms. The fourth-order valence-electron chi connectivity index (χ4n) is 4.12. The first kappa shape index (κ1) is 25.2. The molecule has 10 nitrogen and oxygen atoms in total. The molecule has 1 fully saturated rings. The topological polar surface area (TPSA) is 95.2 Å². The van der Waals surface area contributed by atoms with Gasteiger partial charge in [0, 0.05) is 51.5 Å². The van der Waals surface area contributed by atoms with E-state index in [1.807, 2.05) is 25.7 Å². The summed E-state index contributed by atoms with van der Waals surface area (Å²) in [5, 5.41) is 0. The van der Waals surface area contributed by atoms with Crippen molar-refractivity contribution in [3.05, 3.63) is 44.2 Å². The fourth-order valence-corrected chi connectivity index (χ4v) is 4.12. The molecule has 10 heteroatoms. The van der Waals surface area contributed by atoms with Crippen LogP contribution >= 0.6 is 0 Å². The molecule has 0 bridgehead atoms. The zero-order valence-corrected chi connectivity index (χ0v) is 20.8. The van der Waals surface area contributed by atoms with E-state index >= 15 is 0 Å². The van der Waals surface area contributed by atoms with Crippen LogP contribution in [0.5, 0.6) is 17.2 Å². The molecule has 2 aromatic rings. The Hall–Kier alpha value is -3.43. The number of amides is 1. The van der Waals surface area contributed by atoms with Crippen LogP contribution in [0.15, 0.2) is 21.7 Å². The highest BCUT2D eigenvalue weighted by Crippen LogP contribution is 2.39. The Kier molecular flexibility index (Phi) is 7.90. The van der Waals surface area contributed by atoms with Gasteiger partial charge in [-0.2, -0.15) is 0 Å². The maximum atomic E-state index is 13.4. The van der Waals surface area contributed by atoms with Gasteiger partial charge in [-0.25, -0.2) is 4.79 Å². The quantitative estimate of drug-likeness (QED) is 0.573. The molecule has 0 atom stereocenters. The fraction of sp³-hybridized carbons (Fsp3) is 0.542. The molecule has 34 heavy (non-hydrogen) atoms. The number of rotatable bonds is 8. The predicted octanol–water partition coefficient (Wildman–Crippen LogP) is 1.55. The van der Waals surface area contributed by atoms with Crippen molar-refractivity contribution in [3.63, 3.8) is 0 Å². The summed E-state index contributed by atoms with van der Waals surface area (Å²) in [5.74, 6) is 1.30. The monoisotopic (exact) mass is 474 g/mol. The molecule has 1 saturated heterocycles. The third kappa shape index (κ3) is 4.76. The summed E-state index contributed by atoms with van der Waals surface area (Å²) in [7, 11) is 3.13. The van der Waals surface area contributed by atoms with Crippen molar-refractivity contribution in [1.29, 1.82) is 0 Å². The molecule has 1 amide bonds. The molecule has 0 radical (unpaired) electrons. The van der Waals surface area contributed by atoms with E-state index in [1.54, 1.807) is 31.0 Å². The number of benzene rings is 1. The number of nitrogens with zero attached hydrogens (tertiary/aromatic N) is 4. The Morgan fingerprint density at radius 2 is 1.38 bits per heavy atom. The Morgan fingerprint density at radius 3 is 1.88 bits per heavy atom. The van der Waals surface area contributed by atoms with Crippen LogP contribution in [0.3, 0.4) is 0 Å². The van der Waals surface area contributed by atoms with Crippen LogP contribution in [-0.2, 0) is 14.1 Å². The number of piperazine rings is 1. The lowest BCUT2D eigenvalue weighted by atomic mass is 10.1. The number of hydrogen-bond donors (Lipinski definition) is 0. The molecule has 1 aliphatic heterocycles.